The van der Waals surface area contributed by atoms with Crippen LogP contribution in [0.2, 0.25) is 0 Å². The van der Waals surface area contributed by atoms with Crippen molar-refractivity contribution in [3.63, 3.8) is 0 Å². The van der Waals surface area contributed by atoms with Crippen molar-refractivity contribution in [3.8, 4) is 5.75 Å². The van der Waals surface area contributed by atoms with Gasteiger partial charge in [-0.25, -0.2) is 0 Å². The third-order valence-corrected chi connectivity index (χ3v) is 3.80. The van der Waals surface area contributed by atoms with Crippen LogP contribution < -0.4 is 10.1 Å². The molecule has 1 atom stereocenters. The van der Waals surface area contributed by atoms with E-state index in [1.54, 1.807) is 12.1 Å². The zero-order chi connectivity index (χ0) is 16.9. The Balaban J connectivity index is 1.86. The van der Waals surface area contributed by atoms with Gasteiger partial charge in [-0.05, 0) is 29.8 Å². The Bertz CT molecular complexity index is 827. The van der Waals surface area contributed by atoms with E-state index >= 15 is 0 Å². The topological polar surface area (TPSA) is 71.7 Å². The molecule has 0 aliphatic carbocycles. The summed E-state index contributed by atoms with van der Waals surface area (Å²) in [6.07, 6.45) is 2.12. The van der Waals surface area contributed by atoms with E-state index in [0.717, 1.165) is 10.8 Å². The van der Waals surface area contributed by atoms with Gasteiger partial charge in [0.05, 0.1) is 30.8 Å². The summed E-state index contributed by atoms with van der Waals surface area (Å²) in [5.74, 6) is 0.254. The summed E-state index contributed by atoms with van der Waals surface area (Å²) in [6, 6.07) is 13.0. The van der Waals surface area contributed by atoms with Crippen molar-refractivity contribution < 1.29 is 19.1 Å². The third kappa shape index (κ3) is 3.26. The zero-order valence-electron chi connectivity index (χ0n) is 13.4. The fourth-order valence-corrected chi connectivity index (χ4v) is 2.62. The van der Waals surface area contributed by atoms with Gasteiger partial charge < -0.3 is 19.6 Å². The maximum atomic E-state index is 12.7. The van der Waals surface area contributed by atoms with Gasteiger partial charge in [0.2, 0.25) is 0 Å². The standard InChI is InChI=1S/C19H19NO4/c1-2-24-17-8-7-13-5-3-4-6-15(13)18(17)19(22)20-11-16(21)14-9-10-23-12-14/h3-10,12,16,21H,2,11H2,1H3,(H,20,22). The summed E-state index contributed by atoms with van der Waals surface area (Å²) in [5.41, 5.74) is 1.10. The first-order chi connectivity index (χ1) is 11.7. The molecule has 24 heavy (non-hydrogen) atoms. The van der Waals surface area contributed by atoms with Gasteiger partial charge >= 0.3 is 0 Å². The lowest BCUT2D eigenvalue weighted by Crippen LogP contribution is -2.28. The Hall–Kier alpha value is -2.79. The Kier molecular flexibility index (Phi) is 4.82. The summed E-state index contributed by atoms with van der Waals surface area (Å²) in [6.45, 7) is 2.43. The van der Waals surface area contributed by atoms with Crippen molar-refractivity contribution in [2.24, 2.45) is 0 Å². The maximum absolute atomic E-state index is 12.7. The lowest BCUT2D eigenvalue weighted by Gasteiger charge is -2.15. The molecule has 0 aliphatic heterocycles. The molecule has 3 rings (SSSR count). The highest BCUT2D eigenvalue weighted by molar-refractivity contribution is 6.09. The lowest BCUT2D eigenvalue weighted by atomic mass is 10.0. The number of fused-ring (bicyclic) bond motifs is 1. The van der Waals surface area contributed by atoms with Gasteiger partial charge in [-0.15, -0.1) is 0 Å². The molecule has 1 unspecified atom stereocenters. The first kappa shape index (κ1) is 16.1. The Morgan fingerprint density at radius 1 is 1.25 bits per heavy atom. The number of hydrogen-bond acceptors (Lipinski definition) is 4. The Labute approximate surface area is 139 Å². The molecule has 0 saturated heterocycles. The minimum absolute atomic E-state index is 0.0904. The number of ether oxygens (including phenoxy) is 1. The van der Waals surface area contributed by atoms with Gasteiger partial charge in [-0.2, -0.15) is 0 Å². The predicted molar refractivity (Wildman–Crippen MR) is 91.1 cm³/mol. The number of hydrogen-bond donors (Lipinski definition) is 2. The number of amides is 1. The van der Waals surface area contributed by atoms with Crippen LogP contribution in [0.25, 0.3) is 10.8 Å². The number of carbonyl (C=O) groups is 1. The summed E-state index contributed by atoms with van der Waals surface area (Å²) < 4.78 is 10.6. The molecule has 1 aromatic heterocycles. The number of rotatable bonds is 6. The van der Waals surface area contributed by atoms with Crippen LogP contribution in [0.5, 0.6) is 5.75 Å². The molecule has 5 nitrogen and oxygen atoms in total. The largest absolute Gasteiger partial charge is 0.493 e. The van der Waals surface area contributed by atoms with E-state index < -0.39 is 6.10 Å². The minimum atomic E-state index is -0.821. The van der Waals surface area contributed by atoms with Gasteiger partial charge in [0, 0.05) is 12.1 Å². The second-order valence-electron chi connectivity index (χ2n) is 5.38. The van der Waals surface area contributed by atoms with Gasteiger partial charge in [-0.1, -0.05) is 30.3 Å². The van der Waals surface area contributed by atoms with Gasteiger partial charge in [0.25, 0.3) is 5.91 Å². The molecule has 0 saturated carbocycles. The fraction of sp³-hybridized carbons (Fsp3) is 0.211. The van der Waals surface area contributed by atoms with Crippen molar-refractivity contribution in [3.05, 3.63) is 66.1 Å². The second kappa shape index (κ2) is 7.19. The number of aliphatic hydroxyl groups is 1. The SMILES string of the molecule is CCOc1ccc2ccccc2c1C(=O)NCC(O)c1ccoc1. The highest BCUT2D eigenvalue weighted by Crippen LogP contribution is 2.28. The second-order valence-corrected chi connectivity index (χ2v) is 5.38. The van der Waals surface area contributed by atoms with Crippen LogP contribution in [0.4, 0.5) is 0 Å². The first-order valence-corrected chi connectivity index (χ1v) is 7.83. The fourth-order valence-electron chi connectivity index (χ4n) is 2.62. The molecular formula is C19H19NO4. The number of carbonyl (C=O) groups excluding carboxylic acids is 1. The smallest absolute Gasteiger partial charge is 0.255 e. The molecular weight excluding hydrogens is 306 g/mol. The normalized spacial score (nSPS) is 12.1. The molecule has 1 amide bonds. The monoisotopic (exact) mass is 325 g/mol. The molecule has 2 aromatic carbocycles. The molecule has 5 heteroatoms. The van der Waals surface area contributed by atoms with E-state index in [9.17, 15) is 9.90 Å². The van der Waals surface area contributed by atoms with E-state index in [1.165, 1.54) is 12.5 Å². The van der Waals surface area contributed by atoms with Crippen molar-refractivity contribution in [1.82, 2.24) is 5.32 Å². The van der Waals surface area contributed by atoms with Crippen LogP contribution in [0.3, 0.4) is 0 Å². The van der Waals surface area contributed by atoms with Crippen LogP contribution in [0, 0.1) is 0 Å². The van der Waals surface area contributed by atoms with E-state index in [0.29, 0.717) is 23.5 Å². The number of furan rings is 1. The molecule has 0 bridgehead atoms. The molecule has 0 aliphatic rings. The van der Waals surface area contributed by atoms with E-state index in [1.807, 2.05) is 37.3 Å². The Morgan fingerprint density at radius 3 is 2.83 bits per heavy atom. The van der Waals surface area contributed by atoms with Crippen LogP contribution in [0.15, 0.2) is 59.4 Å². The third-order valence-electron chi connectivity index (χ3n) is 3.80. The highest BCUT2D eigenvalue weighted by atomic mass is 16.5. The van der Waals surface area contributed by atoms with Gasteiger partial charge in [0.15, 0.2) is 0 Å². The van der Waals surface area contributed by atoms with Crippen LogP contribution in [-0.2, 0) is 0 Å². The summed E-state index contributed by atoms with van der Waals surface area (Å²) in [7, 11) is 0. The average Bonchev–Trinajstić information content (AvgIpc) is 3.14. The zero-order valence-corrected chi connectivity index (χ0v) is 13.4. The van der Waals surface area contributed by atoms with Crippen LogP contribution in [0.1, 0.15) is 28.9 Å². The highest BCUT2D eigenvalue weighted by Gasteiger charge is 2.18. The summed E-state index contributed by atoms with van der Waals surface area (Å²) in [4.78, 5) is 12.7. The van der Waals surface area contributed by atoms with Crippen LogP contribution in [-0.4, -0.2) is 24.2 Å². The van der Waals surface area contributed by atoms with Gasteiger partial charge in [-0.3, -0.25) is 4.79 Å². The van der Waals surface area contributed by atoms with Crippen LogP contribution >= 0.6 is 0 Å². The number of aliphatic hydroxyl groups excluding tert-OH is 1. The summed E-state index contributed by atoms with van der Waals surface area (Å²) >= 11 is 0. The van der Waals surface area contributed by atoms with E-state index in [2.05, 4.69) is 5.32 Å². The molecule has 3 aromatic rings. The predicted octanol–water partition coefficient (Wildman–Crippen LogP) is 3.29. The molecule has 2 N–H and O–H groups in total. The van der Waals surface area contributed by atoms with Crippen molar-refractivity contribution >= 4 is 16.7 Å². The quantitative estimate of drug-likeness (QED) is 0.729. The molecule has 0 spiro atoms. The number of nitrogens with one attached hydrogen (secondary N) is 1. The van der Waals surface area contributed by atoms with Crippen molar-refractivity contribution in [1.29, 1.82) is 0 Å². The summed E-state index contributed by atoms with van der Waals surface area (Å²) in [5, 5.41) is 14.6. The molecule has 1 heterocycles. The van der Waals surface area contributed by atoms with Gasteiger partial charge in [0.1, 0.15) is 5.75 Å². The number of benzene rings is 2. The maximum Gasteiger partial charge on any atom is 0.255 e. The minimum Gasteiger partial charge on any atom is -0.493 e. The van der Waals surface area contributed by atoms with Crippen molar-refractivity contribution in [2.75, 3.05) is 13.2 Å². The Morgan fingerprint density at radius 2 is 2.08 bits per heavy atom. The molecule has 0 radical (unpaired) electrons. The average molecular weight is 325 g/mol. The molecule has 0 fully saturated rings. The van der Waals surface area contributed by atoms with E-state index in [-0.39, 0.29) is 12.5 Å². The lowest BCUT2D eigenvalue weighted by molar-refractivity contribution is 0.0914. The van der Waals surface area contributed by atoms with E-state index in [4.69, 9.17) is 9.15 Å². The first-order valence-electron chi connectivity index (χ1n) is 7.83. The molecule has 124 valence electrons. The van der Waals surface area contributed by atoms with Crippen molar-refractivity contribution in [2.45, 2.75) is 13.0 Å².